The summed E-state index contributed by atoms with van der Waals surface area (Å²) in [5, 5.41) is 10.7. The van der Waals surface area contributed by atoms with E-state index in [1.54, 1.807) is 0 Å². The highest BCUT2D eigenvalue weighted by Crippen LogP contribution is 2.08. The predicted octanol–water partition coefficient (Wildman–Crippen LogP) is -3.48. The van der Waals surface area contributed by atoms with Crippen LogP contribution in [0.3, 0.4) is 0 Å². The Hall–Kier alpha value is -6.65. The first kappa shape index (κ1) is 55.5. The molecular formula is C44H70N14O8. The predicted molar refractivity (Wildman–Crippen MR) is 249 cm³/mol. The molecule has 8 amide bonds. The Morgan fingerprint density at radius 2 is 0.894 bits per heavy atom. The van der Waals surface area contributed by atoms with Gasteiger partial charge in [0.15, 0.2) is 5.96 Å². The average molecular weight is 923 g/mol. The number of nitrogens with two attached hydrogens (primary N) is 6. The number of benzene rings is 2. The van der Waals surface area contributed by atoms with Crippen molar-refractivity contribution < 1.29 is 38.4 Å². The zero-order chi connectivity index (χ0) is 48.9. The van der Waals surface area contributed by atoms with Gasteiger partial charge in [-0.15, -0.1) is 0 Å². The number of nitrogens with one attached hydrogen (secondary N) is 4. The lowest BCUT2D eigenvalue weighted by Gasteiger charge is -2.27. The van der Waals surface area contributed by atoms with Crippen LogP contribution < -0.4 is 55.7 Å². The van der Waals surface area contributed by atoms with Gasteiger partial charge in [-0.2, -0.15) is 0 Å². The van der Waals surface area contributed by atoms with Gasteiger partial charge in [0.2, 0.25) is 47.3 Å². The number of carbonyl (C=O) groups excluding carboxylic acids is 8. The summed E-state index contributed by atoms with van der Waals surface area (Å²) >= 11 is 0. The van der Waals surface area contributed by atoms with Gasteiger partial charge in [-0.3, -0.25) is 43.3 Å². The molecule has 22 heteroatoms. The summed E-state index contributed by atoms with van der Waals surface area (Å²) in [4.78, 5) is 110. The van der Waals surface area contributed by atoms with Gasteiger partial charge in [0, 0.05) is 105 Å². The maximum atomic E-state index is 13.7. The third-order valence-electron chi connectivity index (χ3n) is 10.1. The fourth-order valence-electron chi connectivity index (χ4n) is 6.58. The summed E-state index contributed by atoms with van der Waals surface area (Å²) < 4.78 is 0. The van der Waals surface area contributed by atoms with Crippen LogP contribution in [0, 0.1) is 0 Å². The molecule has 0 unspecified atom stereocenters. The van der Waals surface area contributed by atoms with Crippen LogP contribution in [0.2, 0.25) is 0 Å². The average Bonchev–Trinajstić information content (AvgIpc) is 3.28. The summed E-state index contributed by atoms with van der Waals surface area (Å²) in [5.41, 5.74) is 36.4. The van der Waals surface area contributed by atoms with Gasteiger partial charge in [-0.25, -0.2) is 0 Å². The third kappa shape index (κ3) is 23.9. The second-order valence-electron chi connectivity index (χ2n) is 15.6. The van der Waals surface area contributed by atoms with Crippen molar-refractivity contribution in [2.75, 3.05) is 72.0 Å². The molecule has 0 radical (unpaired) electrons. The molecule has 16 N–H and O–H groups in total. The van der Waals surface area contributed by atoms with Crippen LogP contribution in [0.4, 0.5) is 0 Å². The number of hydrogen-bond acceptors (Lipinski definition) is 12. The van der Waals surface area contributed by atoms with Crippen LogP contribution >= 0.6 is 0 Å². The largest absolute Gasteiger partial charge is 0.370 e. The smallest absolute Gasteiger partial charge is 0.239 e. The first-order valence-corrected chi connectivity index (χ1v) is 22.1. The number of primary amides is 1. The molecule has 0 bridgehead atoms. The Bertz CT molecular complexity index is 1880. The van der Waals surface area contributed by atoms with Gasteiger partial charge in [0.05, 0.1) is 18.1 Å². The third-order valence-corrected chi connectivity index (χ3v) is 10.1. The van der Waals surface area contributed by atoms with Gasteiger partial charge >= 0.3 is 0 Å². The van der Waals surface area contributed by atoms with E-state index in [0.717, 1.165) is 11.1 Å². The van der Waals surface area contributed by atoms with E-state index in [0.29, 0.717) is 6.42 Å². The van der Waals surface area contributed by atoms with E-state index in [1.165, 1.54) is 21.6 Å². The van der Waals surface area contributed by atoms with E-state index < -0.39 is 53.6 Å². The summed E-state index contributed by atoms with van der Waals surface area (Å²) in [6.45, 7) is 1.94. The number of rotatable bonds is 32. The van der Waals surface area contributed by atoms with Gasteiger partial charge in [-0.05, 0) is 36.8 Å². The molecule has 66 heavy (non-hydrogen) atoms. The number of guanidine groups is 1. The lowest BCUT2D eigenvalue weighted by molar-refractivity contribution is -0.135. The molecule has 3 atom stereocenters. The first-order chi connectivity index (χ1) is 31.5. The number of nitrogens with zero attached hydrogens (tertiary/aromatic N) is 4. The molecule has 0 aliphatic carbocycles. The number of hydrogen-bond donors (Lipinski definition) is 10. The Labute approximate surface area is 386 Å². The van der Waals surface area contributed by atoms with Gasteiger partial charge < -0.3 is 70.4 Å². The summed E-state index contributed by atoms with van der Waals surface area (Å²) in [5.74, 6) is -3.47. The Kier molecular flexibility index (Phi) is 26.3. The lowest BCUT2D eigenvalue weighted by atomic mass is 10.1. The summed E-state index contributed by atoms with van der Waals surface area (Å²) in [6.07, 6.45) is 0.804. The zero-order valence-electron chi connectivity index (χ0n) is 38.0. The van der Waals surface area contributed by atoms with Crippen molar-refractivity contribution in [3.8, 4) is 0 Å². The Morgan fingerprint density at radius 3 is 1.27 bits per heavy atom. The molecule has 0 heterocycles. The second-order valence-corrected chi connectivity index (χ2v) is 15.6. The van der Waals surface area contributed by atoms with Crippen LogP contribution in [0.15, 0.2) is 65.7 Å². The van der Waals surface area contributed by atoms with Crippen LogP contribution in [-0.2, 0) is 51.2 Å². The van der Waals surface area contributed by atoms with Crippen LogP contribution in [0.5, 0.6) is 0 Å². The number of aliphatic imine (C=N–C) groups is 1. The first-order valence-electron chi connectivity index (χ1n) is 22.1. The quantitative estimate of drug-likeness (QED) is 0.0194. The molecule has 2 aromatic rings. The molecule has 2 aromatic carbocycles. The van der Waals surface area contributed by atoms with Crippen LogP contribution in [-0.4, -0.2) is 158 Å². The monoisotopic (exact) mass is 923 g/mol. The minimum absolute atomic E-state index is 0.00634. The highest BCUT2D eigenvalue weighted by molar-refractivity contribution is 5.85. The Morgan fingerprint density at radius 1 is 0.515 bits per heavy atom. The van der Waals surface area contributed by atoms with Crippen molar-refractivity contribution in [1.82, 2.24) is 36.0 Å². The molecule has 0 aliphatic rings. The van der Waals surface area contributed by atoms with Gasteiger partial charge in [0.25, 0.3) is 0 Å². The molecule has 0 saturated heterocycles. The topological polar surface area (TPSA) is 363 Å². The van der Waals surface area contributed by atoms with E-state index in [-0.39, 0.29) is 135 Å². The van der Waals surface area contributed by atoms with Crippen molar-refractivity contribution >= 4 is 53.2 Å². The van der Waals surface area contributed by atoms with Crippen molar-refractivity contribution in [2.24, 2.45) is 39.4 Å². The molecule has 0 spiro atoms. The van der Waals surface area contributed by atoms with E-state index in [1.807, 2.05) is 60.7 Å². The van der Waals surface area contributed by atoms with Crippen molar-refractivity contribution in [2.45, 2.75) is 76.4 Å². The van der Waals surface area contributed by atoms with Crippen LogP contribution in [0.1, 0.15) is 56.6 Å². The molecule has 0 saturated carbocycles. The molecule has 22 nitrogen and oxygen atoms in total. The fourth-order valence-corrected chi connectivity index (χ4v) is 6.58. The van der Waals surface area contributed by atoms with Crippen molar-refractivity contribution in [1.29, 1.82) is 0 Å². The molecule has 364 valence electrons. The van der Waals surface area contributed by atoms with Crippen molar-refractivity contribution in [3.63, 3.8) is 0 Å². The zero-order valence-corrected chi connectivity index (χ0v) is 38.0. The molecule has 0 aromatic heterocycles. The highest BCUT2D eigenvalue weighted by atomic mass is 16.2. The van der Waals surface area contributed by atoms with E-state index in [9.17, 15) is 38.4 Å². The number of carbonyl (C=O) groups is 8. The maximum Gasteiger partial charge on any atom is 0.239 e. The Balaban J connectivity index is 2.06. The second kappa shape index (κ2) is 31.3. The van der Waals surface area contributed by atoms with Crippen LogP contribution in [0.25, 0.3) is 0 Å². The van der Waals surface area contributed by atoms with Gasteiger partial charge in [0.1, 0.15) is 0 Å². The van der Waals surface area contributed by atoms with E-state index >= 15 is 0 Å². The molecular weight excluding hydrogens is 853 g/mol. The normalized spacial score (nSPS) is 12.1. The fraction of sp³-hybridized carbons (Fsp3) is 0.523. The minimum Gasteiger partial charge on any atom is -0.370 e. The van der Waals surface area contributed by atoms with Crippen molar-refractivity contribution in [3.05, 3.63) is 71.8 Å². The standard InChI is InChI=1S/C44H70N14O8/c1-31(59)51-20-26-57(42(65)35(46)29-32-9-4-2-5-10-32)24-16-39(62)54-22-28-58(43(66)36(47)30-33-11-6-3-7-12-33)25-17-40(63)53-21-27-56(23-15-38(61)52-19-14-37(48)60)41(64)34(45)13-8-18-55-44(49)50/h2-7,9-12,34-36H,8,13-30,45-47H2,1H3,(H2,48,60)(H,51,59)(H,52,61)(H,53,63)(H,54,62)(H4,49,50,55)/t34-,35-,36-/m0/s1. The summed E-state index contributed by atoms with van der Waals surface area (Å²) in [7, 11) is 0. The van der Waals surface area contributed by atoms with E-state index in [2.05, 4.69) is 26.3 Å². The molecule has 0 fully saturated rings. The summed E-state index contributed by atoms with van der Waals surface area (Å²) in [6, 6.07) is 15.7. The van der Waals surface area contributed by atoms with Gasteiger partial charge in [-0.1, -0.05) is 60.7 Å². The van der Waals surface area contributed by atoms with E-state index in [4.69, 9.17) is 34.4 Å². The lowest BCUT2D eigenvalue weighted by Crippen LogP contribution is -2.50. The minimum atomic E-state index is -0.953. The highest BCUT2D eigenvalue weighted by Gasteiger charge is 2.25. The maximum absolute atomic E-state index is 13.7. The SMILES string of the molecule is CC(=O)NCCN(CCC(=O)NCCN(CCC(=O)NCCN(CCC(=O)NCCC(N)=O)C(=O)[C@@H](N)CCCN=C(N)N)C(=O)[C@@H](N)Cc1ccccc1)C(=O)[C@@H](N)Cc1ccccc1. The molecule has 2 rings (SSSR count). The molecule has 0 aliphatic heterocycles. The number of amides is 8.